The molecule has 7 nitrogen and oxygen atoms in total. The standard InChI is InChI=1S/C12H20N4O3/c1-2-8(13)7-9(17)16-5-3-12(4-6-16)10(18)14-11(19)15-12/h8H,2-7,13H2,1H3,(H2,14,15,18,19). The van der Waals surface area contributed by atoms with E-state index in [9.17, 15) is 14.4 Å². The fourth-order valence-electron chi connectivity index (χ4n) is 2.52. The number of nitrogens with zero attached hydrogens (tertiary/aromatic N) is 1. The highest BCUT2D eigenvalue weighted by Crippen LogP contribution is 2.25. The van der Waals surface area contributed by atoms with Crippen LogP contribution in [0.4, 0.5) is 4.79 Å². The van der Waals surface area contributed by atoms with Crippen molar-refractivity contribution in [1.29, 1.82) is 0 Å². The van der Waals surface area contributed by atoms with Gasteiger partial charge < -0.3 is 16.0 Å². The molecule has 0 aliphatic carbocycles. The van der Waals surface area contributed by atoms with E-state index in [1.54, 1.807) is 4.90 Å². The molecule has 0 aromatic rings. The molecule has 1 atom stereocenters. The van der Waals surface area contributed by atoms with Gasteiger partial charge in [-0.05, 0) is 19.3 Å². The summed E-state index contributed by atoms with van der Waals surface area (Å²) < 4.78 is 0. The van der Waals surface area contributed by atoms with Gasteiger partial charge in [0.25, 0.3) is 5.91 Å². The normalized spacial score (nSPS) is 23.2. The van der Waals surface area contributed by atoms with Crippen molar-refractivity contribution < 1.29 is 14.4 Å². The predicted octanol–water partition coefficient (Wildman–Crippen LogP) is -0.686. The Hall–Kier alpha value is -1.63. The first-order chi connectivity index (χ1) is 8.97. The maximum Gasteiger partial charge on any atom is 0.322 e. The van der Waals surface area contributed by atoms with Gasteiger partial charge in [-0.25, -0.2) is 4.79 Å². The SMILES string of the molecule is CCC(N)CC(=O)N1CCC2(CC1)NC(=O)NC2=O. The number of carbonyl (C=O) groups excluding carboxylic acids is 3. The zero-order chi connectivity index (χ0) is 14.0. The number of urea groups is 1. The topological polar surface area (TPSA) is 105 Å². The molecule has 0 aromatic carbocycles. The van der Waals surface area contributed by atoms with Crippen molar-refractivity contribution in [2.45, 2.75) is 44.2 Å². The monoisotopic (exact) mass is 268 g/mol. The first kappa shape index (κ1) is 13.8. The van der Waals surface area contributed by atoms with Crippen molar-refractivity contribution >= 4 is 17.8 Å². The summed E-state index contributed by atoms with van der Waals surface area (Å²) in [4.78, 5) is 36.6. The van der Waals surface area contributed by atoms with Gasteiger partial charge >= 0.3 is 6.03 Å². The van der Waals surface area contributed by atoms with Crippen LogP contribution in [0.2, 0.25) is 0 Å². The van der Waals surface area contributed by atoms with Gasteiger partial charge in [0.2, 0.25) is 5.91 Å². The molecule has 4 N–H and O–H groups in total. The number of carbonyl (C=O) groups is 3. The Kier molecular flexibility index (Phi) is 3.75. The lowest BCUT2D eigenvalue weighted by molar-refractivity contribution is -0.136. The summed E-state index contributed by atoms with van der Waals surface area (Å²) in [5.74, 6) is -0.260. The van der Waals surface area contributed by atoms with E-state index in [2.05, 4.69) is 10.6 Å². The summed E-state index contributed by atoms with van der Waals surface area (Å²) in [6.07, 6.45) is 2.01. The Morgan fingerprint density at radius 3 is 2.53 bits per heavy atom. The van der Waals surface area contributed by atoms with Crippen LogP contribution < -0.4 is 16.4 Å². The number of piperidine rings is 1. The predicted molar refractivity (Wildman–Crippen MR) is 68.1 cm³/mol. The molecule has 7 heteroatoms. The van der Waals surface area contributed by atoms with Gasteiger partial charge in [0, 0.05) is 25.6 Å². The zero-order valence-corrected chi connectivity index (χ0v) is 11.1. The van der Waals surface area contributed by atoms with Crippen LogP contribution in [-0.4, -0.2) is 47.4 Å². The van der Waals surface area contributed by atoms with Gasteiger partial charge in [-0.1, -0.05) is 6.92 Å². The van der Waals surface area contributed by atoms with E-state index >= 15 is 0 Å². The molecule has 0 bridgehead atoms. The Balaban J connectivity index is 1.90. The lowest BCUT2D eigenvalue weighted by Crippen LogP contribution is -2.56. The Bertz CT molecular complexity index is 402. The highest BCUT2D eigenvalue weighted by atomic mass is 16.2. The number of rotatable bonds is 3. The lowest BCUT2D eigenvalue weighted by Gasteiger charge is -2.37. The third kappa shape index (κ3) is 2.70. The van der Waals surface area contributed by atoms with Crippen LogP contribution in [0, 0.1) is 0 Å². The number of likely N-dealkylation sites (tertiary alicyclic amines) is 1. The molecular weight excluding hydrogens is 248 g/mol. The molecule has 2 aliphatic heterocycles. The molecule has 2 fully saturated rings. The van der Waals surface area contributed by atoms with Crippen LogP contribution in [0.25, 0.3) is 0 Å². The van der Waals surface area contributed by atoms with Crippen LogP contribution in [0.15, 0.2) is 0 Å². The molecular formula is C12H20N4O3. The van der Waals surface area contributed by atoms with Crippen molar-refractivity contribution in [1.82, 2.24) is 15.5 Å². The van der Waals surface area contributed by atoms with Gasteiger partial charge in [0.05, 0.1) is 0 Å². The van der Waals surface area contributed by atoms with Crippen molar-refractivity contribution in [2.24, 2.45) is 5.73 Å². The minimum Gasteiger partial charge on any atom is -0.342 e. The number of hydrogen-bond acceptors (Lipinski definition) is 4. The van der Waals surface area contributed by atoms with Gasteiger partial charge in [-0.2, -0.15) is 0 Å². The smallest absolute Gasteiger partial charge is 0.322 e. The maximum atomic E-state index is 12.0. The third-order valence-corrected chi connectivity index (χ3v) is 3.95. The molecule has 0 aromatic heterocycles. The molecule has 1 spiro atoms. The molecule has 0 radical (unpaired) electrons. The molecule has 106 valence electrons. The zero-order valence-electron chi connectivity index (χ0n) is 11.1. The highest BCUT2D eigenvalue weighted by Gasteiger charge is 2.48. The fraction of sp³-hybridized carbons (Fsp3) is 0.750. The lowest BCUT2D eigenvalue weighted by atomic mass is 9.87. The first-order valence-electron chi connectivity index (χ1n) is 6.64. The maximum absolute atomic E-state index is 12.0. The Labute approximate surface area is 111 Å². The van der Waals surface area contributed by atoms with Crippen molar-refractivity contribution in [3.63, 3.8) is 0 Å². The third-order valence-electron chi connectivity index (χ3n) is 3.95. The van der Waals surface area contributed by atoms with E-state index in [0.29, 0.717) is 32.4 Å². The fourth-order valence-corrected chi connectivity index (χ4v) is 2.52. The number of amides is 4. The van der Waals surface area contributed by atoms with Crippen LogP contribution >= 0.6 is 0 Å². The molecule has 2 rings (SSSR count). The minimum atomic E-state index is -0.819. The van der Waals surface area contributed by atoms with Gasteiger partial charge in [-0.15, -0.1) is 0 Å². The summed E-state index contributed by atoms with van der Waals surface area (Å²) in [5, 5.41) is 4.92. The summed E-state index contributed by atoms with van der Waals surface area (Å²) in [5.41, 5.74) is 4.95. The molecule has 2 aliphatic rings. The average Bonchev–Trinajstić information content (AvgIpc) is 2.64. The molecule has 2 heterocycles. The van der Waals surface area contributed by atoms with E-state index in [-0.39, 0.29) is 17.9 Å². The second-order valence-electron chi connectivity index (χ2n) is 5.24. The summed E-state index contributed by atoms with van der Waals surface area (Å²) in [7, 11) is 0. The molecule has 0 saturated carbocycles. The molecule has 19 heavy (non-hydrogen) atoms. The van der Waals surface area contributed by atoms with Crippen molar-refractivity contribution in [3.8, 4) is 0 Å². The largest absolute Gasteiger partial charge is 0.342 e. The first-order valence-corrected chi connectivity index (χ1v) is 6.64. The second-order valence-corrected chi connectivity index (χ2v) is 5.24. The molecule has 4 amide bonds. The summed E-state index contributed by atoms with van der Waals surface area (Å²) in [6, 6.07) is -0.560. The van der Waals surface area contributed by atoms with E-state index in [1.807, 2.05) is 6.92 Å². The Morgan fingerprint density at radius 1 is 1.42 bits per heavy atom. The minimum absolute atomic E-state index is 0.0222. The van der Waals surface area contributed by atoms with Gasteiger partial charge in [-0.3, -0.25) is 14.9 Å². The average molecular weight is 268 g/mol. The highest BCUT2D eigenvalue weighted by molar-refractivity contribution is 6.07. The van der Waals surface area contributed by atoms with Gasteiger partial charge in [0.15, 0.2) is 0 Å². The quantitative estimate of drug-likeness (QED) is 0.589. The van der Waals surface area contributed by atoms with Crippen molar-refractivity contribution in [2.75, 3.05) is 13.1 Å². The second kappa shape index (κ2) is 5.16. The number of nitrogens with two attached hydrogens (primary N) is 1. The van der Waals surface area contributed by atoms with Crippen LogP contribution in [0.5, 0.6) is 0 Å². The number of imide groups is 1. The van der Waals surface area contributed by atoms with E-state index < -0.39 is 11.6 Å². The van der Waals surface area contributed by atoms with E-state index in [0.717, 1.165) is 6.42 Å². The van der Waals surface area contributed by atoms with Crippen LogP contribution in [0.3, 0.4) is 0 Å². The molecule has 1 unspecified atom stereocenters. The van der Waals surface area contributed by atoms with Gasteiger partial charge in [0.1, 0.15) is 5.54 Å². The van der Waals surface area contributed by atoms with E-state index in [4.69, 9.17) is 5.73 Å². The number of hydrogen-bond donors (Lipinski definition) is 3. The van der Waals surface area contributed by atoms with E-state index in [1.165, 1.54) is 0 Å². The summed E-state index contributed by atoms with van der Waals surface area (Å²) in [6.45, 7) is 2.90. The molecule has 2 saturated heterocycles. The van der Waals surface area contributed by atoms with Crippen LogP contribution in [0.1, 0.15) is 32.6 Å². The summed E-state index contributed by atoms with van der Waals surface area (Å²) >= 11 is 0. The van der Waals surface area contributed by atoms with Crippen molar-refractivity contribution in [3.05, 3.63) is 0 Å². The number of nitrogens with one attached hydrogen (secondary N) is 2. The van der Waals surface area contributed by atoms with Crippen LogP contribution in [-0.2, 0) is 9.59 Å². The Morgan fingerprint density at radius 2 is 2.05 bits per heavy atom.